The number of carbonyl (C=O) groups is 1. The second-order valence-electron chi connectivity index (χ2n) is 9.89. The normalized spacial score (nSPS) is 21.6. The van der Waals surface area contributed by atoms with Gasteiger partial charge in [0.2, 0.25) is 6.29 Å². The molecule has 192 valence electrons. The zero-order valence-electron chi connectivity index (χ0n) is 21.0. The number of aliphatic hydroxyl groups excluding tert-OH is 1. The van der Waals surface area contributed by atoms with Gasteiger partial charge in [0.1, 0.15) is 0 Å². The number of amides is 1. The molecule has 2 atom stereocenters. The maximum absolute atomic E-state index is 13.6. The van der Waals surface area contributed by atoms with Gasteiger partial charge in [-0.1, -0.05) is 61.7 Å². The molecule has 0 saturated carbocycles. The number of fused-ring (bicyclic) bond motifs is 3. The second kappa shape index (κ2) is 12.0. The van der Waals surface area contributed by atoms with Crippen LogP contribution in [0, 0.1) is 0 Å². The third kappa shape index (κ3) is 5.66. The van der Waals surface area contributed by atoms with Gasteiger partial charge in [-0.25, -0.2) is 0 Å². The number of carbonyl (C=O) groups excluding carboxylic acids is 1. The van der Waals surface area contributed by atoms with Gasteiger partial charge in [-0.3, -0.25) is 4.79 Å². The number of hydrogen-bond donors (Lipinski definition) is 1. The van der Waals surface area contributed by atoms with E-state index in [9.17, 15) is 4.79 Å². The predicted molar refractivity (Wildman–Crippen MR) is 139 cm³/mol. The van der Waals surface area contributed by atoms with E-state index in [1.807, 2.05) is 11.0 Å². The van der Waals surface area contributed by atoms with Crippen molar-refractivity contribution in [2.24, 2.45) is 0 Å². The average molecular weight is 492 g/mol. The molecule has 0 bridgehead atoms. The molecule has 0 radical (unpaired) electrons. The lowest BCUT2D eigenvalue weighted by Gasteiger charge is -2.33. The highest BCUT2D eigenvalue weighted by atomic mass is 16.7. The molecular formula is C30H37NO5. The van der Waals surface area contributed by atoms with E-state index in [4.69, 9.17) is 19.3 Å². The Kier molecular flexibility index (Phi) is 8.36. The molecule has 0 spiro atoms. The number of benzene rings is 2. The Hall–Kier alpha value is -2.67. The van der Waals surface area contributed by atoms with Crippen LogP contribution in [0.15, 0.2) is 54.3 Å². The maximum Gasteiger partial charge on any atom is 0.288 e. The summed E-state index contributed by atoms with van der Waals surface area (Å²) < 4.78 is 17.5. The van der Waals surface area contributed by atoms with E-state index in [0.717, 1.165) is 32.4 Å². The molecule has 2 heterocycles. The molecule has 5 rings (SSSR count). The lowest BCUT2D eigenvalue weighted by atomic mass is 9.87. The van der Waals surface area contributed by atoms with Crippen LogP contribution in [0.4, 0.5) is 0 Å². The molecule has 2 aromatic rings. The first-order valence-corrected chi connectivity index (χ1v) is 13.4. The SMILES string of the molecule is O=C(C1=CC(c2cccc3c2Cc2ccccc2-3)CC(OCCOCCO)O1)N1CCCCCCC1. The van der Waals surface area contributed by atoms with Gasteiger partial charge in [-0.15, -0.1) is 0 Å². The molecule has 6 heteroatoms. The number of likely N-dealkylation sites (tertiary alicyclic amines) is 1. The van der Waals surface area contributed by atoms with Crippen molar-refractivity contribution in [2.75, 3.05) is 39.5 Å². The Bertz CT molecular complexity index is 1070. The molecule has 3 aliphatic rings. The standard InChI is InChI=1S/C30H37NO5/c32-15-16-34-17-18-35-29-21-23(20-28(36-29)30(33)31-13-6-2-1-3-7-14-31)25-11-8-12-26-24-10-5-4-9-22(24)19-27(25)26/h4-5,8-12,20,23,29,32H,1-3,6-7,13-19,21H2. The number of ether oxygens (including phenoxy) is 3. The molecule has 0 aromatic heterocycles. The summed E-state index contributed by atoms with van der Waals surface area (Å²) in [5, 5.41) is 8.93. The second-order valence-corrected chi connectivity index (χ2v) is 9.89. The van der Waals surface area contributed by atoms with E-state index < -0.39 is 6.29 Å². The molecule has 1 aliphatic carbocycles. The van der Waals surface area contributed by atoms with E-state index in [1.165, 1.54) is 47.1 Å². The van der Waals surface area contributed by atoms with Gasteiger partial charge in [-0.05, 0) is 53.2 Å². The minimum absolute atomic E-state index is 0.0132. The Morgan fingerprint density at radius 2 is 1.72 bits per heavy atom. The first-order valence-electron chi connectivity index (χ1n) is 13.4. The predicted octanol–water partition coefficient (Wildman–Crippen LogP) is 4.79. The van der Waals surface area contributed by atoms with Crippen LogP contribution in [-0.4, -0.2) is 61.7 Å². The molecule has 2 unspecified atom stereocenters. The van der Waals surface area contributed by atoms with Crippen molar-refractivity contribution in [3.05, 3.63) is 71.0 Å². The third-order valence-corrected chi connectivity index (χ3v) is 7.46. The highest BCUT2D eigenvalue weighted by Crippen LogP contribution is 2.43. The molecule has 2 aliphatic heterocycles. The van der Waals surface area contributed by atoms with Crippen molar-refractivity contribution in [2.45, 2.75) is 57.2 Å². The molecule has 1 amide bonds. The smallest absolute Gasteiger partial charge is 0.288 e. The first-order chi connectivity index (χ1) is 17.7. The van der Waals surface area contributed by atoms with Gasteiger partial charge in [0, 0.05) is 25.4 Å². The van der Waals surface area contributed by atoms with Crippen molar-refractivity contribution in [3.63, 3.8) is 0 Å². The lowest BCUT2D eigenvalue weighted by Crippen LogP contribution is -2.38. The number of allylic oxidation sites excluding steroid dienone is 1. The van der Waals surface area contributed by atoms with Crippen LogP contribution >= 0.6 is 0 Å². The largest absolute Gasteiger partial charge is 0.459 e. The Morgan fingerprint density at radius 1 is 0.944 bits per heavy atom. The van der Waals surface area contributed by atoms with Crippen molar-refractivity contribution in [1.82, 2.24) is 4.90 Å². The van der Waals surface area contributed by atoms with Crippen LogP contribution in [0.5, 0.6) is 0 Å². The van der Waals surface area contributed by atoms with Crippen LogP contribution in [0.3, 0.4) is 0 Å². The van der Waals surface area contributed by atoms with E-state index >= 15 is 0 Å². The van der Waals surface area contributed by atoms with Crippen LogP contribution in [0.1, 0.15) is 61.1 Å². The van der Waals surface area contributed by atoms with Gasteiger partial charge in [-0.2, -0.15) is 0 Å². The molecular weight excluding hydrogens is 454 g/mol. The molecule has 1 fully saturated rings. The number of hydrogen-bond acceptors (Lipinski definition) is 5. The fourth-order valence-corrected chi connectivity index (χ4v) is 5.67. The van der Waals surface area contributed by atoms with Crippen molar-refractivity contribution in [1.29, 1.82) is 0 Å². The summed E-state index contributed by atoms with van der Waals surface area (Å²) >= 11 is 0. The van der Waals surface area contributed by atoms with Crippen molar-refractivity contribution >= 4 is 5.91 Å². The third-order valence-electron chi connectivity index (χ3n) is 7.46. The summed E-state index contributed by atoms with van der Waals surface area (Å²) in [6.45, 7) is 2.55. The molecule has 2 aromatic carbocycles. The minimum Gasteiger partial charge on any atom is -0.459 e. The molecule has 1 saturated heterocycles. The average Bonchev–Trinajstić information content (AvgIpc) is 3.27. The monoisotopic (exact) mass is 491 g/mol. The van der Waals surface area contributed by atoms with E-state index in [1.54, 1.807) is 0 Å². The maximum atomic E-state index is 13.6. The topological polar surface area (TPSA) is 68.2 Å². The zero-order valence-corrected chi connectivity index (χ0v) is 21.0. The lowest BCUT2D eigenvalue weighted by molar-refractivity contribution is -0.156. The Labute approximate surface area is 213 Å². The van der Waals surface area contributed by atoms with E-state index in [0.29, 0.717) is 25.4 Å². The number of aliphatic hydroxyl groups is 1. The Balaban J connectivity index is 1.39. The molecule has 36 heavy (non-hydrogen) atoms. The van der Waals surface area contributed by atoms with Crippen molar-refractivity contribution < 1.29 is 24.1 Å². The fourth-order valence-electron chi connectivity index (χ4n) is 5.67. The zero-order chi connectivity index (χ0) is 24.7. The van der Waals surface area contributed by atoms with Crippen LogP contribution in [0.25, 0.3) is 11.1 Å². The van der Waals surface area contributed by atoms with E-state index in [-0.39, 0.29) is 25.0 Å². The molecule has 1 N–H and O–H groups in total. The van der Waals surface area contributed by atoms with Gasteiger partial charge in [0.25, 0.3) is 5.91 Å². The highest BCUT2D eigenvalue weighted by Gasteiger charge is 2.33. The summed E-state index contributed by atoms with van der Waals surface area (Å²) in [5.41, 5.74) is 6.52. The Morgan fingerprint density at radius 3 is 2.56 bits per heavy atom. The molecule has 6 nitrogen and oxygen atoms in total. The van der Waals surface area contributed by atoms with Crippen molar-refractivity contribution in [3.8, 4) is 11.1 Å². The minimum atomic E-state index is -0.522. The van der Waals surface area contributed by atoms with Gasteiger partial charge in [0.15, 0.2) is 5.76 Å². The van der Waals surface area contributed by atoms with Crippen LogP contribution in [-0.2, 0) is 25.4 Å². The summed E-state index contributed by atoms with van der Waals surface area (Å²) in [7, 11) is 0. The van der Waals surface area contributed by atoms with Crippen LogP contribution in [0.2, 0.25) is 0 Å². The fraction of sp³-hybridized carbons (Fsp3) is 0.500. The van der Waals surface area contributed by atoms with Crippen LogP contribution < -0.4 is 0 Å². The first kappa shape index (κ1) is 25.0. The van der Waals surface area contributed by atoms with Gasteiger partial charge in [0.05, 0.1) is 26.4 Å². The summed E-state index contributed by atoms with van der Waals surface area (Å²) in [5.74, 6) is 0.406. The van der Waals surface area contributed by atoms with Gasteiger partial charge >= 0.3 is 0 Å². The van der Waals surface area contributed by atoms with Gasteiger partial charge < -0.3 is 24.2 Å². The highest BCUT2D eigenvalue weighted by molar-refractivity contribution is 5.92. The van der Waals surface area contributed by atoms with E-state index in [2.05, 4.69) is 42.5 Å². The summed E-state index contributed by atoms with van der Waals surface area (Å²) in [6.07, 6.45) is 8.72. The quantitative estimate of drug-likeness (QED) is 0.459. The summed E-state index contributed by atoms with van der Waals surface area (Å²) in [4.78, 5) is 15.6. The number of nitrogens with zero attached hydrogens (tertiary/aromatic N) is 1. The number of rotatable bonds is 8. The summed E-state index contributed by atoms with van der Waals surface area (Å²) in [6, 6.07) is 15.1.